The van der Waals surface area contributed by atoms with Gasteiger partial charge in [-0.1, -0.05) is 15.9 Å². The fraction of sp³-hybridized carbons (Fsp3) is 0.167. The smallest absolute Gasteiger partial charge is 0.152 e. The van der Waals surface area contributed by atoms with Crippen LogP contribution < -0.4 is 0 Å². The van der Waals surface area contributed by atoms with Gasteiger partial charge < -0.3 is 0 Å². The van der Waals surface area contributed by atoms with Crippen LogP contribution in [0.1, 0.15) is 21.7 Å². The topological polar surface area (TPSA) is 34.9 Å². The standard InChI is InChI=1S/C12H11BrN2O/c1-8-5-9(2)15(14-8)12-6-11(13)4-3-10(12)7-16/h3-7H,1-2H3. The highest BCUT2D eigenvalue weighted by Gasteiger charge is 2.08. The Kier molecular flexibility index (Phi) is 2.92. The van der Waals surface area contributed by atoms with E-state index in [2.05, 4.69) is 21.0 Å². The van der Waals surface area contributed by atoms with Gasteiger partial charge in [0.05, 0.1) is 11.4 Å². The van der Waals surface area contributed by atoms with Crippen LogP contribution in [0.4, 0.5) is 0 Å². The summed E-state index contributed by atoms with van der Waals surface area (Å²) >= 11 is 3.40. The van der Waals surface area contributed by atoms with Gasteiger partial charge in [0, 0.05) is 15.7 Å². The molecule has 0 saturated carbocycles. The van der Waals surface area contributed by atoms with E-state index in [0.717, 1.165) is 27.8 Å². The Morgan fingerprint density at radius 1 is 1.31 bits per heavy atom. The lowest BCUT2D eigenvalue weighted by Crippen LogP contribution is -2.03. The number of halogens is 1. The Morgan fingerprint density at radius 3 is 2.62 bits per heavy atom. The predicted octanol–water partition coefficient (Wildman–Crippen LogP) is 3.06. The summed E-state index contributed by atoms with van der Waals surface area (Å²) in [6.45, 7) is 3.90. The molecule has 0 radical (unpaired) electrons. The lowest BCUT2D eigenvalue weighted by atomic mass is 10.2. The molecule has 16 heavy (non-hydrogen) atoms. The third-order valence-electron chi connectivity index (χ3n) is 2.36. The van der Waals surface area contributed by atoms with Gasteiger partial charge in [0.2, 0.25) is 0 Å². The molecular formula is C12H11BrN2O. The van der Waals surface area contributed by atoms with Crippen LogP contribution >= 0.6 is 15.9 Å². The maximum atomic E-state index is 11.0. The maximum absolute atomic E-state index is 11.0. The summed E-state index contributed by atoms with van der Waals surface area (Å²) < 4.78 is 2.71. The van der Waals surface area contributed by atoms with Crippen molar-refractivity contribution in [1.82, 2.24) is 9.78 Å². The first-order valence-electron chi connectivity index (χ1n) is 4.90. The predicted molar refractivity (Wildman–Crippen MR) is 66.1 cm³/mol. The second-order valence-corrected chi connectivity index (χ2v) is 4.58. The number of aryl methyl sites for hydroxylation is 2. The molecule has 0 saturated heterocycles. The Labute approximate surface area is 102 Å². The van der Waals surface area contributed by atoms with Crippen LogP contribution in [0.25, 0.3) is 5.69 Å². The van der Waals surface area contributed by atoms with E-state index in [1.807, 2.05) is 32.0 Å². The molecule has 0 bridgehead atoms. The Balaban J connectivity index is 2.66. The van der Waals surface area contributed by atoms with Crippen molar-refractivity contribution in [2.45, 2.75) is 13.8 Å². The Hall–Kier alpha value is -1.42. The van der Waals surface area contributed by atoms with E-state index in [1.165, 1.54) is 0 Å². The van der Waals surface area contributed by atoms with Crippen LogP contribution in [0.3, 0.4) is 0 Å². The van der Waals surface area contributed by atoms with Crippen molar-refractivity contribution in [2.75, 3.05) is 0 Å². The Bertz CT molecular complexity index is 546. The summed E-state index contributed by atoms with van der Waals surface area (Å²) in [4.78, 5) is 11.0. The highest BCUT2D eigenvalue weighted by molar-refractivity contribution is 9.10. The van der Waals surface area contributed by atoms with Crippen molar-refractivity contribution < 1.29 is 4.79 Å². The van der Waals surface area contributed by atoms with Crippen LogP contribution in [-0.2, 0) is 0 Å². The number of benzene rings is 1. The highest BCUT2D eigenvalue weighted by atomic mass is 79.9. The molecule has 4 heteroatoms. The lowest BCUT2D eigenvalue weighted by molar-refractivity contribution is 0.112. The monoisotopic (exact) mass is 278 g/mol. The second kappa shape index (κ2) is 4.22. The van der Waals surface area contributed by atoms with Crippen LogP contribution in [-0.4, -0.2) is 16.1 Å². The number of hydrogen-bond acceptors (Lipinski definition) is 2. The average Bonchev–Trinajstić information content (AvgIpc) is 2.57. The van der Waals surface area contributed by atoms with E-state index in [0.29, 0.717) is 5.56 Å². The van der Waals surface area contributed by atoms with E-state index in [4.69, 9.17) is 0 Å². The molecule has 0 atom stereocenters. The highest BCUT2D eigenvalue weighted by Crippen LogP contribution is 2.20. The zero-order chi connectivity index (χ0) is 11.7. The summed E-state index contributed by atoms with van der Waals surface area (Å²) in [5, 5.41) is 4.37. The van der Waals surface area contributed by atoms with E-state index in [-0.39, 0.29) is 0 Å². The minimum atomic E-state index is 0.634. The summed E-state index contributed by atoms with van der Waals surface area (Å²) in [6, 6.07) is 7.50. The summed E-state index contributed by atoms with van der Waals surface area (Å²) in [7, 11) is 0. The number of carbonyl (C=O) groups is 1. The van der Waals surface area contributed by atoms with Crippen molar-refractivity contribution in [3.05, 3.63) is 45.7 Å². The molecule has 0 N–H and O–H groups in total. The van der Waals surface area contributed by atoms with Crippen molar-refractivity contribution >= 4 is 22.2 Å². The van der Waals surface area contributed by atoms with Crippen LogP contribution in [0.5, 0.6) is 0 Å². The molecule has 0 aliphatic heterocycles. The van der Waals surface area contributed by atoms with Crippen LogP contribution in [0, 0.1) is 13.8 Å². The minimum Gasteiger partial charge on any atom is -0.298 e. The number of nitrogens with zero attached hydrogens (tertiary/aromatic N) is 2. The SMILES string of the molecule is Cc1cc(C)n(-c2cc(Br)ccc2C=O)n1. The number of aromatic nitrogens is 2. The molecule has 0 aliphatic rings. The Morgan fingerprint density at radius 2 is 2.06 bits per heavy atom. The molecule has 82 valence electrons. The van der Waals surface area contributed by atoms with E-state index >= 15 is 0 Å². The van der Waals surface area contributed by atoms with Gasteiger partial charge in [-0.3, -0.25) is 4.79 Å². The maximum Gasteiger partial charge on any atom is 0.152 e. The number of hydrogen-bond donors (Lipinski definition) is 0. The van der Waals surface area contributed by atoms with Crippen molar-refractivity contribution in [2.24, 2.45) is 0 Å². The third-order valence-corrected chi connectivity index (χ3v) is 2.85. The van der Waals surface area contributed by atoms with Gasteiger partial charge in [-0.2, -0.15) is 5.10 Å². The third kappa shape index (κ3) is 1.93. The van der Waals surface area contributed by atoms with Gasteiger partial charge in [-0.25, -0.2) is 4.68 Å². The molecule has 0 aliphatic carbocycles. The lowest BCUT2D eigenvalue weighted by Gasteiger charge is -2.07. The first-order valence-corrected chi connectivity index (χ1v) is 5.69. The molecule has 0 fully saturated rings. The first kappa shape index (κ1) is 11.1. The van der Waals surface area contributed by atoms with E-state index < -0.39 is 0 Å². The molecule has 0 spiro atoms. The van der Waals surface area contributed by atoms with E-state index in [9.17, 15) is 4.79 Å². The first-order chi connectivity index (χ1) is 7.61. The summed E-state index contributed by atoms with van der Waals surface area (Å²) in [6.07, 6.45) is 0.845. The zero-order valence-electron chi connectivity index (χ0n) is 9.07. The van der Waals surface area contributed by atoms with Gasteiger partial charge in [-0.05, 0) is 38.1 Å². The fourth-order valence-corrected chi connectivity index (χ4v) is 2.02. The molecule has 1 aromatic heterocycles. The number of carbonyl (C=O) groups excluding carboxylic acids is 1. The van der Waals surface area contributed by atoms with Crippen molar-refractivity contribution in [3.63, 3.8) is 0 Å². The van der Waals surface area contributed by atoms with Gasteiger partial charge in [-0.15, -0.1) is 0 Å². The number of rotatable bonds is 2. The van der Waals surface area contributed by atoms with Crippen molar-refractivity contribution in [3.8, 4) is 5.69 Å². The summed E-state index contributed by atoms with van der Waals surface area (Å²) in [5.74, 6) is 0. The van der Waals surface area contributed by atoms with Crippen molar-refractivity contribution in [1.29, 1.82) is 0 Å². The van der Waals surface area contributed by atoms with Gasteiger partial charge in [0.1, 0.15) is 0 Å². The van der Waals surface area contributed by atoms with Gasteiger partial charge >= 0.3 is 0 Å². The molecule has 3 nitrogen and oxygen atoms in total. The quantitative estimate of drug-likeness (QED) is 0.792. The number of aldehydes is 1. The minimum absolute atomic E-state index is 0.634. The average molecular weight is 279 g/mol. The molecule has 2 rings (SSSR count). The summed E-state index contributed by atoms with van der Waals surface area (Å²) in [5.41, 5.74) is 3.39. The largest absolute Gasteiger partial charge is 0.298 e. The van der Waals surface area contributed by atoms with Gasteiger partial charge in [0.25, 0.3) is 0 Å². The molecule has 0 amide bonds. The normalized spacial score (nSPS) is 10.4. The van der Waals surface area contributed by atoms with E-state index in [1.54, 1.807) is 10.7 Å². The van der Waals surface area contributed by atoms with Crippen LogP contribution in [0.2, 0.25) is 0 Å². The van der Waals surface area contributed by atoms with Gasteiger partial charge in [0.15, 0.2) is 6.29 Å². The fourth-order valence-electron chi connectivity index (χ4n) is 1.67. The molecule has 2 aromatic rings. The van der Waals surface area contributed by atoms with Crippen LogP contribution in [0.15, 0.2) is 28.7 Å². The molecule has 0 unspecified atom stereocenters. The second-order valence-electron chi connectivity index (χ2n) is 3.66. The molecule has 1 aromatic carbocycles. The molecular weight excluding hydrogens is 268 g/mol. The zero-order valence-corrected chi connectivity index (χ0v) is 10.7. The molecule has 1 heterocycles.